The lowest BCUT2D eigenvalue weighted by atomic mass is 10.3. The quantitative estimate of drug-likeness (QED) is 0.881. The van der Waals surface area contributed by atoms with Gasteiger partial charge in [-0.1, -0.05) is 11.3 Å². The largest absolute Gasteiger partial charge is 0.383 e. The number of nitrogens with one attached hydrogen (secondary N) is 1. The van der Waals surface area contributed by atoms with Crippen molar-refractivity contribution in [1.82, 2.24) is 20.2 Å². The molecule has 2 rings (SSSR count). The molecule has 0 spiro atoms. The third kappa shape index (κ3) is 2.86. The molecule has 0 unspecified atom stereocenters. The summed E-state index contributed by atoms with van der Waals surface area (Å²) < 4.78 is 24.6. The topological polar surface area (TPSA) is 89.6 Å². The van der Waals surface area contributed by atoms with Gasteiger partial charge in [0.25, 0.3) is 6.43 Å². The summed E-state index contributed by atoms with van der Waals surface area (Å²) in [6.45, 7) is 2.04. The van der Waals surface area contributed by atoms with E-state index in [0.717, 1.165) is 11.3 Å². The smallest absolute Gasteiger partial charge is 0.291 e. The molecule has 0 amide bonds. The first-order valence-corrected chi connectivity index (χ1v) is 5.81. The number of nitrogens with two attached hydrogens (primary N) is 1. The Hall–Kier alpha value is -1.90. The van der Waals surface area contributed by atoms with Crippen LogP contribution in [0.5, 0.6) is 0 Å². The third-order valence-corrected chi connectivity index (χ3v) is 2.96. The van der Waals surface area contributed by atoms with Gasteiger partial charge in [-0.3, -0.25) is 0 Å². The minimum absolute atomic E-state index is 0.310. The maximum Gasteiger partial charge on any atom is 0.291 e. The summed E-state index contributed by atoms with van der Waals surface area (Å²) in [5, 5.41) is 9.80. The van der Waals surface area contributed by atoms with Crippen LogP contribution in [0.25, 0.3) is 0 Å². The molecule has 0 radical (unpaired) electrons. The highest BCUT2D eigenvalue weighted by atomic mass is 32.1. The second-order valence-corrected chi connectivity index (χ2v) is 4.44. The number of halogens is 2. The third-order valence-electron chi connectivity index (χ3n) is 2.08. The molecule has 0 atom stereocenters. The van der Waals surface area contributed by atoms with Gasteiger partial charge in [-0.25, -0.2) is 18.7 Å². The first kappa shape index (κ1) is 12.6. The van der Waals surface area contributed by atoms with Crippen LogP contribution < -0.4 is 11.1 Å². The van der Waals surface area contributed by atoms with Crippen molar-refractivity contribution in [3.8, 4) is 0 Å². The molecule has 0 bridgehead atoms. The Morgan fingerprint density at radius 1 is 1.44 bits per heavy atom. The van der Waals surface area contributed by atoms with Crippen molar-refractivity contribution in [2.75, 3.05) is 11.1 Å². The lowest BCUT2D eigenvalue weighted by Gasteiger charge is -2.05. The van der Waals surface area contributed by atoms with E-state index in [1.54, 1.807) is 13.1 Å². The predicted octanol–water partition coefficient (Wildman–Crippen LogP) is 1.77. The summed E-state index contributed by atoms with van der Waals surface area (Å²) in [6.07, 6.45) is -1.02. The van der Waals surface area contributed by atoms with Crippen molar-refractivity contribution in [2.24, 2.45) is 0 Å². The maximum atomic E-state index is 12.3. The molecule has 2 heterocycles. The van der Waals surface area contributed by atoms with Gasteiger partial charge in [0.15, 0.2) is 5.01 Å². The van der Waals surface area contributed by atoms with E-state index in [-0.39, 0.29) is 5.01 Å². The van der Waals surface area contributed by atoms with Gasteiger partial charge in [-0.05, 0) is 6.92 Å². The number of hydrogen-bond donors (Lipinski definition) is 2. The zero-order chi connectivity index (χ0) is 13.1. The van der Waals surface area contributed by atoms with Crippen LogP contribution in [0.15, 0.2) is 6.20 Å². The molecule has 2 aromatic heterocycles. The molecule has 2 aromatic rings. The van der Waals surface area contributed by atoms with E-state index < -0.39 is 6.43 Å². The Labute approximate surface area is 105 Å². The number of aromatic nitrogens is 4. The summed E-state index contributed by atoms with van der Waals surface area (Å²) in [7, 11) is 0. The lowest BCUT2D eigenvalue weighted by molar-refractivity contribution is 0.150. The fourth-order valence-electron chi connectivity index (χ4n) is 1.21. The van der Waals surface area contributed by atoms with Crippen molar-refractivity contribution in [1.29, 1.82) is 0 Å². The number of aryl methyl sites for hydroxylation is 1. The van der Waals surface area contributed by atoms with Gasteiger partial charge in [-0.15, -0.1) is 10.2 Å². The summed E-state index contributed by atoms with van der Waals surface area (Å²) in [4.78, 5) is 8.00. The predicted molar refractivity (Wildman–Crippen MR) is 63.4 cm³/mol. The monoisotopic (exact) mass is 272 g/mol. The van der Waals surface area contributed by atoms with Crippen LogP contribution in [-0.4, -0.2) is 20.2 Å². The van der Waals surface area contributed by atoms with Gasteiger partial charge < -0.3 is 11.1 Å². The first-order valence-electron chi connectivity index (χ1n) is 4.99. The van der Waals surface area contributed by atoms with Crippen LogP contribution in [0, 0.1) is 6.92 Å². The molecule has 0 aliphatic carbocycles. The Balaban J connectivity index is 2.02. The Morgan fingerprint density at radius 2 is 2.22 bits per heavy atom. The van der Waals surface area contributed by atoms with Gasteiger partial charge in [0.05, 0.1) is 0 Å². The Kier molecular flexibility index (Phi) is 3.60. The van der Waals surface area contributed by atoms with E-state index in [4.69, 9.17) is 5.73 Å². The zero-order valence-corrected chi connectivity index (χ0v) is 10.2. The average Bonchev–Trinajstić information content (AvgIpc) is 2.76. The molecule has 18 heavy (non-hydrogen) atoms. The zero-order valence-electron chi connectivity index (χ0n) is 9.39. The van der Waals surface area contributed by atoms with E-state index in [9.17, 15) is 8.78 Å². The standard InChI is InChI=1S/C9H10F2N6S/c1-4-13-2-5(7(12)15-4)3-14-9-17-16-8(18-9)6(10)11/h2,6H,3H2,1H3,(H,14,17)(H2,12,13,15). The van der Waals surface area contributed by atoms with E-state index in [1.165, 1.54) is 0 Å². The van der Waals surface area contributed by atoms with E-state index in [0.29, 0.717) is 28.9 Å². The highest BCUT2D eigenvalue weighted by molar-refractivity contribution is 7.15. The second-order valence-electron chi connectivity index (χ2n) is 3.43. The van der Waals surface area contributed by atoms with Crippen LogP contribution in [0.1, 0.15) is 22.8 Å². The van der Waals surface area contributed by atoms with Crippen molar-refractivity contribution in [3.05, 3.63) is 22.6 Å². The van der Waals surface area contributed by atoms with E-state index in [2.05, 4.69) is 25.5 Å². The molecular formula is C9H10F2N6S. The molecule has 3 N–H and O–H groups in total. The number of alkyl halides is 2. The average molecular weight is 272 g/mol. The van der Waals surface area contributed by atoms with E-state index >= 15 is 0 Å². The molecule has 0 fully saturated rings. The molecule has 9 heteroatoms. The number of hydrogen-bond acceptors (Lipinski definition) is 7. The summed E-state index contributed by atoms with van der Waals surface area (Å²) in [5.74, 6) is 0.931. The molecule has 0 saturated heterocycles. The summed E-state index contributed by atoms with van der Waals surface area (Å²) in [5.41, 5.74) is 6.37. The minimum atomic E-state index is -2.61. The van der Waals surface area contributed by atoms with Gasteiger partial charge in [0.1, 0.15) is 11.6 Å². The molecular weight excluding hydrogens is 262 g/mol. The molecule has 0 aromatic carbocycles. The number of rotatable bonds is 4. The fourth-order valence-corrected chi connectivity index (χ4v) is 1.81. The van der Waals surface area contributed by atoms with Crippen LogP contribution in [0.3, 0.4) is 0 Å². The van der Waals surface area contributed by atoms with Crippen molar-refractivity contribution < 1.29 is 8.78 Å². The number of anilines is 2. The van der Waals surface area contributed by atoms with Crippen molar-refractivity contribution in [2.45, 2.75) is 19.9 Å². The van der Waals surface area contributed by atoms with Gasteiger partial charge in [0, 0.05) is 18.3 Å². The molecule has 96 valence electrons. The van der Waals surface area contributed by atoms with Crippen molar-refractivity contribution in [3.63, 3.8) is 0 Å². The van der Waals surface area contributed by atoms with Crippen LogP contribution >= 0.6 is 11.3 Å². The van der Waals surface area contributed by atoms with Crippen LogP contribution in [0.4, 0.5) is 19.7 Å². The fraction of sp³-hybridized carbons (Fsp3) is 0.333. The summed E-state index contributed by atoms with van der Waals surface area (Å²) in [6, 6.07) is 0. The highest BCUT2D eigenvalue weighted by Gasteiger charge is 2.13. The second kappa shape index (κ2) is 5.17. The normalized spacial score (nSPS) is 10.9. The molecule has 6 nitrogen and oxygen atoms in total. The van der Waals surface area contributed by atoms with Crippen molar-refractivity contribution >= 4 is 22.3 Å². The van der Waals surface area contributed by atoms with Gasteiger partial charge >= 0.3 is 0 Å². The SMILES string of the molecule is Cc1ncc(CNc2nnc(C(F)F)s2)c(N)n1. The number of nitrogen functional groups attached to an aromatic ring is 1. The van der Waals surface area contributed by atoms with E-state index in [1.807, 2.05) is 0 Å². The van der Waals surface area contributed by atoms with Crippen LogP contribution in [0.2, 0.25) is 0 Å². The lowest BCUT2D eigenvalue weighted by Crippen LogP contribution is -2.06. The maximum absolute atomic E-state index is 12.3. The molecule has 0 saturated carbocycles. The summed E-state index contributed by atoms with van der Waals surface area (Å²) >= 11 is 0.804. The van der Waals surface area contributed by atoms with Gasteiger partial charge in [0.2, 0.25) is 5.13 Å². The first-order chi connectivity index (χ1) is 8.56. The molecule has 0 aliphatic rings. The Morgan fingerprint density at radius 3 is 2.83 bits per heavy atom. The van der Waals surface area contributed by atoms with Gasteiger partial charge in [-0.2, -0.15) is 0 Å². The Bertz CT molecular complexity index is 544. The molecule has 0 aliphatic heterocycles. The highest BCUT2D eigenvalue weighted by Crippen LogP contribution is 2.25. The van der Waals surface area contributed by atoms with Crippen LogP contribution in [-0.2, 0) is 6.54 Å². The number of nitrogens with zero attached hydrogens (tertiary/aromatic N) is 4. The minimum Gasteiger partial charge on any atom is -0.383 e.